The van der Waals surface area contributed by atoms with Gasteiger partial charge in [0.15, 0.2) is 0 Å². The molecule has 41 heavy (non-hydrogen) atoms. The fourth-order valence-electron chi connectivity index (χ4n) is 4.62. The second kappa shape index (κ2) is 14.1. The number of carbonyl (C=O) groups is 1. The highest BCUT2D eigenvalue weighted by atomic mass is 16.5. The second-order valence-corrected chi connectivity index (χ2v) is 12.4. The van der Waals surface area contributed by atoms with E-state index in [0.29, 0.717) is 54.7 Å². The molecule has 1 saturated heterocycles. The number of hydrogen-bond acceptors (Lipinski definition) is 8. The molecule has 0 aliphatic carbocycles. The molecule has 0 bridgehead atoms. The standard InChI is InChI=1S/C27H33N3O5.C5H13N/c1-18(2)14-21-8-9-22(15-23(21)31)25-28-24(29-35-25)20-6-4-19(5-7-20)16-30-12-10-27(11-13-30,17-34-3)26(32)33;1-5(2,3)6-4/h4-9,15,18,31H,10-14,16-17H2,1-3H3,(H,32,33);6H,1-4H3. The van der Waals surface area contributed by atoms with Crippen LogP contribution in [0.15, 0.2) is 47.0 Å². The molecule has 2 heterocycles. The number of rotatable bonds is 9. The van der Waals surface area contributed by atoms with Gasteiger partial charge in [0.1, 0.15) is 5.75 Å². The van der Waals surface area contributed by atoms with Crippen molar-refractivity contribution in [2.45, 2.75) is 66.0 Å². The Morgan fingerprint density at radius 3 is 2.24 bits per heavy atom. The summed E-state index contributed by atoms with van der Waals surface area (Å²) in [5.74, 6) is 0.766. The van der Waals surface area contributed by atoms with Gasteiger partial charge in [0.25, 0.3) is 5.89 Å². The zero-order chi connectivity index (χ0) is 30.2. The van der Waals surface area contributed by atoms with Gasteiger partial charge in [0.2, 0.25) is 5.82 Å². The smallest absolute Gasteiger partial charge is 0.312 e. The number of likely N-dealkylation sites (tertiary alicyclic amines) is 1. The van der Waals surface area contributed by atoms with E-state index in [0.717, 1.165) is 29.7 Å². The number of nitrogens with one attached hydrogen (secondary N) is 1. The first-order valence-corrected chi connectivity index (χ1v) is 14.2. The lowest BCUT2D eigenvalue weighted by molar-refractivity contribution is -0.156. The predicted molar refractivity (Wildman–Crippen MR) is 161 cm³/mol. The third-order valence-electron chi connectivity index (χ3n) is 7.44. The van der Waals surface area contributed by atoms with Crippen molar-refractivity contribution in [3.63, 3.8) is 0 Å². The van der Waals surface area contributed by atoms with Crippen molar-refractivity contribution >= 4 is 5.97 Å². The minimum absolute atomic E-state index is 0.237. The van der Waals surface area contributed by atoms with Crippen molar-refractivity contribution in [2.75, 3.05) is 33.9 Å². The maximum Gasteiger partial charge on any atom is 0.312 e. The normalized spacial score (nSPS) is 15.4. The Morgan fingerprint density at radius 1 is 1.12 bits per heavy atom. The first-order valence-electron chi connectivity index (χ1n) is 14.2. The summed E-state index contributed by atoms with van der Waals surface area (Å²) in [5, 5.41) is 27.2. The summed E-state index contributed by atoms with van der Waals surface area (Å²) in [7, 11) is 3.51. The molecule has 0 spiro atoms. The number of hydrogen-bond donors (Lipinski definition) is 3. The van der Waals surface area contributed by atoms with Gasteiger partial charge in [0, 0.05) is 30.3 Å². The summed E-state index contributed by atoms with van der Waals surface area (Å²) < 4.78 is 10.6. The van der Waals surface area contributed by atoms with Crippen LogP contribution in [0.25, 0.3) is 22.8 Å². The molecule has 9 heteroatoms. The number of piperidine rings is 1. The van der Waals surface area contributed by atoms with E-state index in [-0.39, 0.29) is 12.4 Å². The van der Waals surface area contributed by atoms with Crippen LogP contribution >= 0.6 is 0 Å². The van der Waals surface area contributed by atoms with Crippen LogP contribution in [0.2, 0.25) is 0 Å². The van der Waals surface area contributed by atoms with Gasteiger partial charge in [-0.1, -0.05) is 49.3 Å². The largest absolute Gasteiger partial charge is 0.508 e. The van der Waals surface area contributed by atoms with Gasteiger partial charge in [-0.3, -0.25) is 9.69 Å². The highest BCUT2D eigenvalue weighted by Crippen LogP contribution is 2.33. The Kier molecular flexibility index (Phi) is 11.1. The van der Waals surface area contributed by atoms with E-state index in [4.69, 9.17) is 9.26 Å². The van der Waals surface area contributed by atoms with Gasteiger partial charge in [-0.2, -0.15) is 4.98 Å². The van der Waals surface area contributed by atoms with Crippen molar-refractivity contribution in [1.29, 1.82) is 0 Å². The van der Waals surface area contributed by atoms with E-state index in [1.807, 2.05) is 43.4 Å². The highest BCUT2D eigenvalue weighted by Gasteiger charge is 2.41. The number of carboxylic acids is 1. The average molecular weight is 567 g/mol. The molecule has 0 amide bonds. The molecule has 3 N–H and O–H groups in total. The number of methoxy groups -OCH3 is 1. The molecule has 9 nitrogen and oxygen atoms in total. The van der Waals surface area contributed by atoms with E-state index >= 15 is 0 Å². The van der Waals surface area contributed by atoms with Crippen molar-refractivity contribution in [3.05, 3.63) is 53.6 Å². The number of nitrogens with zero attached hydrogens (tertiary/aromatic N) is 3. The highest BCUT2D eigenvalue weighted by molar-refractivity contribution is 5.75. The Bertz CT molecular complexity index is 1260. The number of benzene rings is 2. The van der Waals surface area contributed by atoms with Crippen LogP contribution in [-0.4, -0.2) is 70.6 Å². The number of aliphatic carboxylic acids is 1. The molecule has 1 fully saturated rings. The lowest BCUT2D eigenvalue weighted by Crippen LogP contribution is -2.46. The zero-order valence-corrected chi connectivity index (χ0v) is 25.5. The molecule has 3 aromatic rings. The van der Waals surface area contributed by atoms with Gasteiger partial charge >= 0.3 is 5.97 Å². The second-order valence-electron chi connectivity index (χ2n) is 12.4. The minimum Gasteiger partial charge on any atom is -0.508 e. The number of carboxylic acid groups (broad SMARTS) is 1. The molecule has 1 aliphatic heterocycles. The van der Waals surface area contributed by atoms with Crippen LogP contribution in [0.3, 0.4) is 0 Å². The van der Waals surface area contributed by atoms with Crippen LogP contribution in [0.4, 0.5) is 0 Å². The Balaban J connectivity index is 0.000000696. The number of aromatic hydroxyl groups is 1. The fourth-order valence-corrected chi connectivity index (χ4v) is 4.62. The van der Waals surface area contributed by atoms with Crippen LogP contribution < -0.4 is 5.32 Å². The summed E-state index contributed by atoms with van der Waals surface area (Å²) >= 11 is 0. The van der Waals surface area contributed by atoms with E-state index < -0.39 is 11.4 Å². The van der Waals surface area contributed by atoms with E-state index in [2.05, 4.69) is 55.0 Å². The minimum atomic E-state index is -0.781. The summed E-state index contributed by atoms with van der Waals surface area (Å²) in [4.78, 5) is 18.5. The summed E-state index contributed by atoms with van der Waals surface area (Å²) in [6.45, 7) is 13.1. The maximum absolute atomic E-state index is 11.7. The topological polar surface area (TPSA) is 121 Å². The lowest BCUT2D eigenvalue weighted by atomic mass is 9.79. The van der Waals surface area contributed by atoms with Crippen LogP contribution in [-0.2, 0) is 22.5 Å². The van der Waals surface area contributed by atoms with E-state index in [9.17, 15) is 15.0 Å². The monoisotopic (exact) mass is 566 g/mol. The number of aromatic nitrogens is 2. The average Bonchev–Trinajstić information content (AvgIpc) is 3.42. The molecular weight excluding hydrogens is 520 g/mol. The van der Waals surface area contributed by atoms with E-state index in [1.54, 1.807) is 13.2 Å². The molecule has 0 unspecified atom stereocenters. The van der Waals surface area contributed by atoms with Gasteiger partial charge in [-0.05, 0) is 89.3 Å². The summed E-state index contributed by atoms with van der Waals surface area (Å²) in [5.41, 5.74) is 3.07. The molecule has 1 aliphatic rings. The summed E-state index contributed by atoms with van der Waals surface area (Å²) in [6, 6.07) is 13.5. The van der Waals surface area contributed by atoms with Crippen LogP contribution in [0, 0.1) is 11.3 Å². The molecular formula is C32H46N4O5. The molecule has 2 aromatic carbocycles. The van der Waals surface area contributed by atoms with Gasteiger partial charge in [-0.15, -0.1) is 0 Å². The third-order valence-corrected chi connectivity index (χ3v) is 7.44. The Morgan fingerprint density at radius 2 is 1.73 bits per heavy atom. The molecule has 4 rings (SSSR count). The quantitative estimate of drug-likeness (QED) is 0.303. The summed E-state index contributed by atoms with van der Waals surface area (Å²) in [6.07, 6.45) is 1.96. The van der Waals surface area contributed by atoms with Gasteiger partial charge in [-0.25, -0.2) is 0 Å². The van der Waals surface area contributed by atoms with Crippen LogP contribution in [0.1, 0.15) is 58.6 Å². The SMILES string of the molecule is CNC(C)(C)C.COCC1(C(=O)O)CCN(Cc2ccc(-c3noc(-c4ccc(CC(C)C)c(O)c4)n3)cc2)CC1. The molecule has 0 atom stereocenters. The predicted octanol–water partition coefficient (Wildman–Crippen LogP) is 5.63. The van der Waals surface area contributed by atoms with Crippen molar-refractivity contribution in [3.8, 4) is 28.6 Å². The lowest BCUT2D eigenvalue weighted by Gasteiger charge is -2.38. The molecule has 1 aromatic heterocycles. The molecule has 0 saturated carbocycles. The maximum atomic E-state index is 11.7. The molecule has 0 radical (unpaired) electrons. The van der Waals surface area contributed by atoms with Crippen molar-refractivity contribution in [1.82, 2.24) is 20.4 Å². The Hall–Kier alpha value is -3.27. The first-order chi connectivity index (χ1) is 19.4. The van der Waals surface area contributed by atoms with E-state index in [1.165, 1.54) is 0 Å². The zero-order valence-electron chi connectivity index (χ0n) is 25.5. The number of phenols is 1. The third kappa shape index (κ3) is 9.11. The van der Waals surface area contributed by atoms with Gasteiger partial charge in [0.05, 0.1) is 12.0 Å². The van der Waals surface area contributed by atoms with Crippen LogP contribution in [0.5, 0.6) is 5.75 Å². The molecule has 224 valence electrons. The number of ether oxygens (including phenoxy) is 1. The van der Waals surface area contributed by atoms with Crippen molar-refractivity contribution < 1.29 is 24.3 Å². The van der Waals surface area contributed by atoms with Gasteiger partial charge < -0.3 is 24.8 Å². The fraction of sp³-hybridized carbons (Fsp3) is 0.531. The first kappa shape index (κ1) is 32.2. The number of phenolic OH excluding ortho intramolecular Hbond substituents is 1. The van der Waals surface area contributed by atoms with Crippen molar-refractivity contribution in [2.24, 2.45) is 11.3 Å². The Labute approximate surface area is 243 Å².